The van der Waals surface area contributed by atoms with Crippen LogP contribution in [0.25, 0.3) is 64.0 Å². The summed E-state index contributed by atoms with van der Waals surface area (Å²) in [6.07, 6.45) is 14.0. The number of hydrogen-bond donors (Lipinski definition) is 0. The number of rotatable bonds is 20. The standard InChI is InChI=1S/2C31H32NO2S.BFO2/c2*1-3-5-7-23-9-13-25(14-10-23)28-21-30(26-15-11-24(12-16-26)8-6-4-2)35-31(22-28)27-17-19-29(20-18-27)32(33)34;2-1(3)4/h2*9-22H,3-8H2,1-2H3;/q2*+1;-2. The lowest BCUT2D eigenvalue weighted by Gasteiger charge is -2.09. The fourth-order valence-corrected chi connectivity index (χ4v) is 10.6. The largest absolute Gasteiger partial charge is 0.867 e. The molecule has 0 aliphatic rings. The van der Waals surface area contributed by atoms with Crippen molar-refractivity contribution in [1.29, 1.82) is 0 Å². The van der Waals surface area contributed by atoms with Gasteiger partial charge in [-0.25, -0.2) is 0 Å². The van der Waals surface area contributed by atoms with Crippen LogP contribution in [0.15, 0.2) is 170 Å². The van der Waals surface area contributed by atoms with Crippen molar-refractivity contribution in [2.45, 2.75) is 105 Å². The summed E-state index contributed by atoms with van der Waals surface area (Å²) in [6.45, 7) is 8.88. The SMILES string of the molecule is CCCCc1ccc(-c2cc(-c3ccc(CCCC)cc3)[s+]c(-c3ccc([N+](=O)[O-])cc3)c2)cc1.CCCCc1ccc(-c2cc(-c3ccc(CCCC)cc3)[s+]c(-c3ccc([N+](=O)[O-])cc3)c2)cc1.[O-]B([O-])F. The van der Waals surface area contributed by atoms with Crippen molar-refractivity contribution in [3.05, 3.63) is 212 Å². The highest BCUT2D eigenvalue weighted by Crippen LogP contribution is 2.40. The third-order valence-electron chi connectivity index (χ3n) is 12.6. The van der Waals surface area contributed by atoms with E-state index in [0.29, 0.717) is 0 Å². The van der Waals surface area contributed by atoms with Gasteiger partial charge in [0.1, 0.15) is 7.40 Å². The summed E-state index contributed by atoms with van der Waals surface area (Å²) >= 11 is 3.44. The summed E-state index contributed by atoms with van der Waals surface area (Å²) in [5.74, 6) is 0. The molecule has 380 valence electrons. The van der Waals surface area contributed by atoms with E-state index in [1.807, 2.05) is 24.3 Å². The molecule has 6 aromatic carbocycles. The lowest BCUT2D eigenvalue weighted by Crippen LogP contribution is -2.39. The van der Waals surface area contributed by atoms with Crippen LogP contribution in [0.4, 0.5) is 15.7 Å². The van der Waals surface area contributed by atoms with Crippen LogP contribution in [0, 0.1) is 20.2 Å². The predicted octanol–water partition coefficient (Wildman–Crippen LogP) is 16.9. The van der Waals surface area contributed by atoms with Gasteiger partial charge in [-0.2, -0.15) is 0 Å². The van der Waals surface area contributed by atoms with Gasteiger partial charge in [0.2, 0.25) is 42.2 Å². The van der Waals surface area contributed by atoms with E-state index in [2.05, 4.69) is 149 Å². The minimum absolute atomic E-state index is 0.112. The van der Waals surface area contributed by atoms with Crippen molar-refractivity contribution >= 4 is 41.4 Å². The van der Waals surface area contributed by atoms with Gasteiger partial charge >= 0.3 is 0 Å². The summed E-state index contributed by atoms with van der Waals surface area (Å²) in [5, 5.41) is 38.9. The highest BCUT2D eigenvalue weighted by atomic mass is 32.1. The van der Waals surface area contributed by atoms with E-state index in [4.69, 9.17) is 10.0 Å². The maximum atomic E-state index is 11.1. The number of unbranched alkanes of at least 4 members (excludes halogenated alkanes) is 4. The molecule has 0 atom stereocenters. The molecule has 0 bridgehead atoms. The number of benzene rings is 6. The van der Waals surface area contributed by atoms with Crippen LogP contribution in [-0.4, -0.2) is 17.2 Å². The van der Waals surface area contributed by atoms with Gasteiger partial charge in [0, 0.05) is 70.8 Å². The summed E-state index contributed by atoms with van der Waals surface area (Å²) in [6, 6.07) is 58.2. The van der Waals surface area contributed by atoms with E-state index >= 15 is 0 Å². The van der Waals surface area contributed by atoms with Crippen LogP contribution in [-0.2, 0) is 25.7 Å². The average molecular weight is 1030 g/mol. The van der Waals surface area contributed by atoms with E-state index in [0.717, 1.165) is 57.7 Å². The lowest BCUT2D eigenvalue weighted by atomic mass is 10.00. The molecular weight excluding hydrogens is 963 g/mol. The van der Waals surface area contributed by atoms with Crippen LogP contribution in [0.1, 0.15) is 101 Å². The molecular formula is C62H64BFN2O6S2. The van der Waals surface area contributed by atoms with Crippen molar-refractivity contribution < 1.29 is 24.2 Å². The smallest absolute Gasteiger partial charge is 0.269 e. The minimum atomic E-state index is -3.17. The maximum Gasteiger partial charge on any atom is 0.269 e. The average Bonchev–Trinajstić information content (AvgIpc) is 3.43. The van der Waals surface area contributed by atoms with Gasteiger partial charge in [-0.1, -0.05) is 126 Å². The van der Waals surface area contributed by atoms with Crippen molar-refractivity contribution in [3.63, 3.8) is 0 Å². The predicted molar refractivity (Wildman–Crippen MR) is 305 cm³/mol. The Labute approximate surface area is 444 Å². The molecule has 12 heteroatoms. The molecule has 0 unspecified atom stereocenters. The Morgan fingerprint density at radius 3 is 0.770 bits per heavy atom. The second-order valence-corrected chi connectivity index (χ2v) is 20.4. The molecule has 0 fully saturated rings. The lowest BCUT2D eigenvalue weighted by molar-refractivity contribution is -0.385. The Morgan fingerprint density at radius 2 is 0.568 bits per heavy atom. The summed E-state index contributed by atoms with van der Waals surface area (Å²) < 4.78 is 9.89. The van der Waals surface area contributed by atoms with Gasteiger partial charge < -0.3 is 14.4 Å². The molecule has 8 rings (SSSR count). The molecule has 0 amide bonds. The second kappa shape index (κ2) is 29.2. The van der Waals surface area contributed by atoms with E-state index in [-0.39, 0.29) is 21.2 Å². The molecule has 2 aromatic heterocycles. The van der Waals surface area contributed by atoms with Crippen molar-refractivity contribution in [2.24, 2.45) is 0 Å². The summed E-state index contributed by atoms with van der Waals surface area (Å²) in [5.41, 5.74) is 14.7. The zero-order valence-corrected chi connectivity index (χ0v) is 44.4. The molecule has 2 heterocycles. The monoisotopic (exact) mass is 1030 g/mol. The van der Waals surface area contributed by atoms with Crippen LogP contribution < -0.4 is 10.0 Å². The molecule has 0 aliphatic heterocycles. The van der Waals surface area contributed by atoms with Gasteiger partial charge in [-0.05, 0) is 144 Å². The van der Waals surface area contributed by atoms with Crippen LogP contribution in [0.5, 0.6) is 0 Å². The minimum Gasteiger partial charge on any atom is -0.867 e. The highest BCUT2D eigenvalue weighted by Gasteiger charge is 2.22. The fourth-order valence-electron chi connectivity index (χ4n) is 8.32. The molecule has 0 radical (unpaired) electrons. The molecule has 0 aliphatic carbocycles. The van der Waals surface area contributed by atoms with E-state index < -0.39 is 7.40 Å². The van der Waals surface area contributed by atoms with Gasteiger partial charge in [-0.15, -0.1) is 0 Å². The first-order valence-corrected chi connectivity index (χ1v) is 27.3. The number of nitrogens with zero attached hydrogens (tertiary/aromatic N) is 2. The van der Waals surface area contributed by atoms with Crippen LogP contribution in [0.3, 0.4) is 0 Å². The number of non-ortho nitro benzene ring substituents is 2. The van der Waals surface area contributed by atoms with Crippen molar-refractivity contribution in [3.8, 4) is 64.0 Å². The zero-order valence-electron chi connectivity index (χ0n) is 42.8. The third-order valence-corrected chi connectivity index (χ3v) is 14.9. The topological polar surface area (TPSA) is 132 Å². The number of nitro benzene ring substituents is 2. The summed E-state index contributed by atoms with van der Waals surface area (Å²) in [7, 11) is -3.17. The van der Waals surface area contributed by atoms with Gasteiger partial charge in [-0.3, -0.25) is 20.2 Å². The number of halogens is 1. The van der Waals surface area contributed by atoms with Gasteiger partial charge in [0.15, 0.2) is 0 Å². The molecule has 0 saturated heterocycles. The first-order chi connectivity index (χ1) is 35.9. The Bertz CT molecular complexity index is 2660. The zero-order chi connectivity index (χ0) is 52.8. The Kier molecular flexibility index (Phi) is 22.3. The highest BCUT2D eigenvalue weighted by molar-refractivity contribution is 7.18. The number of hydrogen-bond acceptors (Lipinski definition) is 6. The third kappa shape index (κ3) is 17.1. The van der Waals surface area contributed by atoms with Gasteiger partial charge in [0.05, 0.1) is 9.85 Å². The molecule has 0 spiro atoms. The first-order valence-electron chi connectivity index (χ1n) is 25.7. The molecule has 0 saturated carbocycles. The van der Waals surface area contributed by atoms with Crippen LogP contribution in [0.2, 0.25) is 0 Å². The van der Waals surface area contributed by atoms with Crippen LogP contribution >= 0.6 is 22.7 Å². The number of aryl methyl sites for hydroxylation is 4. The van der Waals surface area contributed by atoms with Gasteiger partial charge in [0.25, 0.3) is 11.4 Å². The maximum absolute atomic E-state index is 11.1. The van der Waals surface area contributed by atoms with Crippen molar-refractivity contribution in [2.75, 3.05) is 0 Å². The normalized spacial score (nSPS) is 10.7. The Hall–Kier alpha value is -6.83. The fraction of sp³-hybridized carbons (Fsp3) is 0.258. The van der Waals surface area contributed by atoms with E-state index in [1.165, 1.54) is 106 Å². The number of nitro groups is 2. The quantitative estimate of drug-likeness (QED) is 0.0323. The van der Waals surface area contributed by atoms with E-state index in [9.17, 15) is 24.5 Å². The molecule has 74 heavy (non-hydrogen) atoms. The molecule has 0 N–H and O–H groups in total. The second-order valence-electron chi connectivity index (χ2n) is 18.2. The first kappa shape index (κ1) is 56.5. The van der Waals surface area contributed by atoms with Crippen molar-refractivity contribution in [1.82, 2.24) is 0 Å². The molecule has 8 nitrogen and oxygen atoms in total. The Balaban J connectivity index is 0.000000225. The van der Waals surface area contributed by atoms with E-state index in [1.54, 1.807) is 46.9 Å². The summed E-state index contributed by atoms with van der Waals surface area (Å²) in [4.78, 5) is 26.1. The molecule has 8 aromatic rings. The Morgan fingerprint density at radius 1 is 0.365 bits per heavy atom.